The molecule has 5 heterocycles. The number of hydrogen-bond donors (Lipinski definition) is 0. The van der Waals surface area contributed by atoms with Crippen molar-refractivity contribution in [2.24, 2.45) is 0 Å². The van der Waals surface area contributed by atoms with E-state index < -0.39 is 34.5 Å². The maximum Gasteiger partial charge on any atom is 0.333 e. The van der Waals surface area contributed by atoms with Crippen LogP contribution in [0.25, 0.3) is 21.0 Å². The van der Waals surface area contributed by atoms with Crippen LogP contribution in [0.3, 0.4) is 0 Å². The number of para-hydroxylation sites is 1. The molecule has 7 rings (SSSR count). The zero-order chi connectivity index (χ0) is 32.4. The molecule has 4 atom stereocenters. The Labute approximate surface area is 270 Å². The van der Waals surface area contributed by atoms with Gasteiger partial charge in [-0.05, 0) is 77.8 Å². The summed E-state index contributed by atoms with van der Waals surface area (Å²) < 4.78 is 32.8. The predicted octanol–water partition coefficient (Wildman–Crippen LogP) is 5.50. The topological polar surface area (TPSA) is 124 Å². The first-order valence-electron chi connectivity index (χ1n) is 15.9. The minimum absolute atomic E-state index is 0.0808. The van der Waals surface area contributed by atoms with E-state index in [4.69, 9.17) is 23.4 Å². The lowest BCUT2D eigenvalue weighted by Crippen LogP contribution is -2.50. The van der Waals surface area contributed by atoms with Crippen LogP contribution >= 0.6 is 11.3 Å². The quantitative estimate of drug-likeness (QED) is 0.216. The molecule has 0 amide bonds. The number of fused-ring (bicyclic) bond motifs is 3. The number of esters is 1. The average molecular weight is 650 g/mol. The van der Waals surface area contributed by atoms with Crippen LogP contribution in [-0.4, -0.2) is 51.1 Å². The summed E-state index contributed by atoms with van der Waals surface area (Å²) in [6, 6.07) is 7.62. The Bertz CT molecular complexity index is 1880. The molecule has 2 aliphatic heterocycles. The van der Waals surface area contributed by atoms with Gasteiger partial charge < -0.3 is 23.4 Å². The lowest BCUT2D eigenvalue weighted by molar-refractivity contribution is -0.161. The van der Waals surface area contributed by atoms with Gasteiger partial charge in [0.2, 0.25) is 5.89 Å². The molecule has 0 radical (unpaired) electrons. The van der Waals surface area contributed by atoms with Gasteiger partial charge in [-0.2, -0.15) is 0 Å². The maximum absolute atomic E-state index is 14.7. The van der Waals surface area contributed by atoms with Gasteiger partial charge in [0.05, 0.1) is 48.4 Å². The van der Waals surface area contributed by atoms with Crippen LogP contribution in [0.2, 0.25) is 0 Å². The zero-order valence-corrected chi connectivity index (χ0v) is 27.6. The summed E-state index contributed by atoms with van der Waals surface area (Å²) in [5.74, 6) is 0.406. The molecule has 46 heavy (non-hydrogen) atoms. The third kappa shape index (κ3) is 5.39. The monoisotopic (exact) mass is 649 g/mol. The fourth-order valence-corrected chi connectivity index (χ4v) is 8.14. The molecular formula is C34H39N3O8S. The van der Waals surface area contributed by atoms with Crippen molar-refractivity contribution in [3.63, 3.8) is 0 Å². The van der Waals surface area contributed by atoms with Gasteiger partial charge in [-0.15, -0.1) is 11.3 Å². The van der Waals surface area contributed by atoms with Crippen LogP contribution in [0.5, 0.6) is 5.75 Å². The number of hydrogen-bond acceptors (Lipinski definition) is 10. The van der Waals surface area contributed by atoms with Gasteiger partial charge >= 0.3 is 11.7 Å². The van der Waals surface area contributed by atoms with E-state index in [1.54, 1.807) is 38.6 Å². The highest BCUT2D eigenvalue weighted by Crippen LogP contribution is 2.45. The van der Waals surface area contributed by atoms with Crippen molar-refractivity contribution in [1.82, 2.24) is 14.1 Å². The molecule has 2 saturated heterocycles. The number of methoxy groups -OCH3 is 1. The molecule has 1 unspecified atom stereocenters. The van der Waals surface area contributed by atoms with Crippen molar-refractivity contribution in [3.8, 4) is 16.5 Å². The number of thiophene rings is 1. The van der Waals surface area contributed by atoms with Gasteiger partial charge in [-0.1, -0.05) is 18.2 Å². The van der Waals surface area contributed by atoms with Crippen molar-refractivity contribution >= 4 is 27.5 Å². The van der Waals surface area contributed by atoms with Gasteiger partial charge in [0, 0.05) is 5.56 Å². The normalized spacial score (nSPS) is 22.6. The SMILES string of the molecule is COc1ccccc1[C@H](Cn1c(=O)n(C2(C(=O)OC(C)(C)C)CC2)c(=O)c2c(C)c(-c3ncco3)sc21)OC1C[C@H]2CC[C@@H](C1)O2. The molecule has 1 aromatic carbocycles. The number of nitrogens with zero attached hydrogens (tertiary/aromatic N) is 3. The first kappa shape index (κ1) is 30.9. The Hall–Kier alpha value is -3.74. The molecule has 244 valence electrons. The summed E-state index contributed by atoms with van der Waals surface area (Å²) in [6.07, 6.45) is 6.86. The summed E-state index contributed by atoms with van der Waals surface area (Å²) >= 11 is 1.27. The summed E-state index contributed by atoms with van der Waals surface area (Å²) in [7, 11) is 1.61. The molecule has 3 fully saturated rings. The highest BCUT2D eigenvalue weighted by molar-refractivity contribution is 7.22. The van der Waals surface area contributed by atoms with Crippen LogP contribution in [-0.2, 0) is 31.1 Å². The van der Waals surface area contributed by atoms with Crippen LogP contribution in [0.15, 0.2) is 50.7 Å². The van der Waals surface area contributed by atoms with E-state index in [-0.39, 0.29) is 24.9 Å². The Morgan fingerprint density at radius 1 is 1.15 bits per heavy atom. The van der Waals surface area contributed by atoms with Crippen molar-refractivity contribution in [3.05, 3.63) is 68.7 Å². The first-order chi connectivity index (χ1) is 22.0. The fourth-order valence-electron chi connectivity index (χ4n) is 6.90. The fraction of sp³-hybridized carbons (Fsp3) is 0.529. The summed E-state index contributed by atoms with van der Waals surface area (Å²) in [4.78, 5) is 48.1. The van der Waals surface area contributed by atoms with Gasteiger partial charge in [-0.3, -0.25) is 9.36 Å². The molecule has 0 spiro atoms. The second-order valence-electron chi connectivity index (χ2n) is 13.6. The standard InChI is InChI=1S/C34H39N3O8S/c1-19-26-29(38)37(34(12-13-34)31(39)45-33(2,3)4)32(40)36(30(26)46-27(19)28-35-14-15-42-28)18-25(23-8-6-7-9-24(23)41-5)44-22-16-20-10-11-21(17-22)43-20/h6-9,14-15,20-22,25H,10-13,16-18H2,1-5H3/t20-,21+,22?,25-/m0/s1. The van der Waals surface area contributed by atoms with Crippen molar-refractivity contribution in [2.45, 2.75) is 108 Å². The van der Waals surface area contributed by atoms with Crippen LogP contribution in [0.4, 0.5) is 0 Å². The molecule has 1 aliphatic carbocycles. The third-order valence-electron chi connectivity index (χ3n) is 9.21. The average Bonchev–Trinajstić information content (AvgIpc) is 3.29. The predicted molar refractivity (Wildman–Crippen MR) is 171 cm³/mol. The molecule has 11 nitrogen and oxygen atoms in total. The minimum atomic E-state index is -1.38. The van der Waals surface area contributed by atoms with Gasteiger partial charge in [-0.25, -0.2) is 19.1 Å². The van der Waals surface area contributed by atoms with Gasteiger partial charge in [0.15, 0.2) is 5.54 Å². The van der Waals surface area contributed by atoms with Gasteiger partial charge in [0.1, 0.15) is 28.5 Å². The summed E-state index contributed by atoms with van der Waals surface area (Å²) in [5.41, 5.74) is -1.86. The first-order valence-corrected chi connectivity index (χ1v) is 16.7. The highest BCUT2D eigenvalue weighted by Gasteiger charge is 2.56. The number of oxazole rings is 1. The minimum Gasteiger partial charge on any atom is -0.496 e. The molecule has 0 N–H and O–H groups in total. The maximum atomic E-state index is 14.7. The van der Waals surface area contributed by atoms with Gasteiger partial charge in [0.25, 0.3) is 5.56 Å². The number of carbonyl (C=O) groups is 1. The second kappa shape index (κ2) is 11.5. The number of aromatic nitrogens is 3. The van der Waals surface area contributed by atoms with Crippen molar-refractivity contribution in [1.29, 1.82) is 0 Å². The van der Waals surface area contributed by atoms with E-state index in [0.29, 0.717) is 45.1 Å². The lowest BCUT2D eigenvalue weighted by Gasteiger charge is -2.32. The van der Waals surface area contributed by atoms with E-state index in [2.05, 4.69) is 4.98 Å². The molecule has 2 bridgehead atoms. The molecule has 12 heteroatoms. The number of rotatable bonds is 9. The van der Waals surface area contributed by atoms with Crippen molar-refractivity contribution in [2.75, 3.05) is 7.11 Å². The Kier molecular flexibility index (Phi) is 7.72. The lowest BCUT2D eigenvalue weighted by atomic mass is 10.0. The largest absolute Gasteiger partial charge is 0.496 e. The molecule has 1 saturated carbocycles. The molecule has 3 aliphatic rings. The van der Waals surface area contributed by atoms with Crippen molar-refractivity contribution < 1.29 is 28.2 Å². The summed E-state index contributed by atoms with van der Waals surface area (Å²) in [5, 5.41) is 0.343. The Morgan fingerprint density at radius 3 is 2.50 bits per heavy atom. The smallest absolute Gasteiger partial charge is 0.333 e. The van der Waals surface area contributed by atoms with E-state index in [9.17, 15) is 14.4 Å². The summed E-state index contributed by atoms with van der Waals surface area (Å²) in [6.45, 7) is 7.22. The van der Waals surface area contributed by atoms with E-state index in [1.165, 1.54) is 17.6 Å². The van der Waals surface area contributed by atoms with Crippen LogP contribution < -0.4 is 16.0 Å². The zero-order valence-electron chi connectivity index (χ0n) is 26.7. The van der Waals surface area contributed by atoms with E-state index in [1.807, 2.05) is 31.2 Å². The Balaban J connectivity index is 1.41. The molecule has 3 aromatic heterocycles. The number of carbonyl (C=O) groups excluding carboxylic acids is 1. The van der Waals surface area contributed by atoms with Crippen LogP contribution in [0.1, 0.15) is 76.5 Å². The second-order valence-corrected chi connectivity index (χ2v) is 14.6. The third-order valence-corrected chi connectivity index (χ3v) is 10.5. The van der Waals surface area contributed by atoms with E-state index in [0.717, 1.165) is 35.8 Å². The van der Waals surface area contributed by atoms with E-state index >= 15 is 0 Å². The number of aryl methyl sites for hydroxylation is 1. The number of ether oxygens (including phenoxy) is 4. The van der Waals surface area contributed by atoms with Crippen LogP contribution in [0, 0.1) is 6.92 Å². The number of benzene rings is 1. The highest BCUT2D eigenvalue weighted by atomic mass is 32.1. The molecule has 4 aromatic rings. The Morgan fingerprint density at radius 2 is 1.87 bits per heavy atom. The molecular weight excluding hydrogens is 610 g/mol.